The normalized spacial score (nSPS) is 19.0. The average Bonchev–Trinajstić information content (AvgIpc) is 2.50. The van der Waals surface area contributed by atoms with Crippen LogP contribution in [0.4, 0.5) is 5.13 Å². The van der Waals surface area contributed by atoms with Gasteiger partial charge in [-0.25, -0.2) is 0 Å². The standard InChI is InChI=1S/C8H13N3O2S/c1-6-10-11-7(14-6)9-2-8(3-12)4-13-5-8/h12H,2-5H2,1H3,(H,9,11). The van der Waals surface area contributed by atoms with Crippen molar-refractivity contribution in [1.82, 2.24) is 10.2 Å². The van der Waals surface area contributed by atoms with Gasteiger partial charge in [0.05, 0.1) is 25.2 Å². The molecule has 0 spiro atoms. The van der Waals surface area contributed by atoms with Gasteiger partial charge < -0.3 is 15.2 Å². The molecule has 0 amide bonds. The number of nitrogens with one attached hydrogen (secondary N) is 1. The number of hydrogen-bond acceptors (Lipinski definition) is 6. The average molecular weight is 215 g/mol. The monoisotopic (exact) mass is 215 g/mol. The number of rotatable bonds is 4. The smallest absolute Gasteiger partial charge is 0.205 e. The van der Waals surface area contributed by atoms with Crippen LogP contribution >= 0.6 is 11.3 Å². The molecule has 0 radical (unpaired) electrons. The van der Waals surface area contributed by atoms with E-state index in [4.69, 9.17) is 9.84 Å². The summed E-state index contributed by atoms with van der Waals surface area (Å²) in [6.07, 6.45) is 0. The molecule has 1 fully saturated rings. The number of aliphatic hydroxyl groups excluding tert-OH is 1. The molecule has 2 rings (SSSR count). The second-order valence-corrected chi connectivity index (χ2v) is 4.81. The molecule has 2 heterocycles. The third-order valence-electron chi connectivity index (χ3n) is 2.29. The molecule has 0 bridgehead atoms. The Morgan fingerprint density at radius 2 is 2.36 bits per heavy atom. The number of aliphatic hydroxyl groups is 1. The van der Waals surface area contributed by atoms with E-state index >= 15 is 0 Å². The van der Waals surface area contributed by atoms with E-state index < -0.39 is 0 Å². The highest BCUT2D eigenvalue weighted by Gasteiger charge is 2.38. The van der Waals surface area contributed by atoms with Gasteiger partial charge in [-0.3, -0.25) is 0 Å². The van der Waals surface area contributed by atoms with Crippen molar-refractivity contribution in [2.75, 3.05) is 31.7 Å². The van der Waals surface area contributed by atoms with Crippen LogP contribution in [-0.4, -0.2) is 41.7 Å². The number of aryl methyl sites for hydroxylation is 1. The summed E-state index contributed by atoms with van der Waals surface area (Å²) in [6, 6.07) is 0. The molecule has 1 aliphatic heterocycles. The molecule has 0 aromatic carbocycles. The molecule has 0 saturated carbocycles. The van der Waals surface area contributed by atoms with Gasteiger partial charge in [-0.05, 0) is 6.92 Å². The van der Waals surface area contributed by atoms with Crippen molar-refractivity contribution >= 4 is 16.5 Å². The van der Waals surface area contributed by atoms with E-state index in [-0.39, 0.29) is 12.0 Å². The van der Waals surface area contributed by atoms with Gasteiger partial charge in [0.2, 0.25) is 5.13 Å². The van der Waals surface area contributed by atoms with Gasteiger partial charge >= 0.3 is 0 Å². The number of aromatic nitrogens is 2. The van der Waals surface area contributed by atoms with Crippen LogP contribution in [0.5, 0.6) is 0 Å². The number of ether oxygens (including phenoxy) is 1. The molecule has 6 heteroatoms. The van der Waals surface area contributed by atoms with Gasteiger partial charge in [-0.15, -0.1) is 10.2 Å². The molecule has 0 atom stereocenters. The Bertz CT molecular complexity index is 306. The summed E-state index contributed by atoms with van der Waals surface area (Å²) in [5, 5.41) is 21.9. The zero-order valence-corrected chi connectivity index (χ0v) is 8.80. The Hall–Kier alpha value is -0.720. The first-order valence-electron chi connectivity index (χ1n) is 4.47. The predicted molar refractivity (Wildman–Crippen MR) is 53.5 cm³/mol. The molecule has 0 aliphatic carbocycles. The van der Waals surface area contributed by atoms with Gasteiger partial charge in [0.1, 0.15) is 5.01 Å². The molecular formula is C8H13N3O2S. The quantitative estimate of drug-likeness (QED) is 0.754. The maximum Gasteiger partial charge on any atom is 0.205 e. The van der Waals surface area contributed by atoms with E-state index in [1.807, 2.05) is 6.92 Å². The molecule has 5 nitrogen and oxygen atoms in total. The molecule has 1 aromatic heterocycles. The minimum atomic E-state index is -0.112. The summed E-state index contributed by atoms with van der Waals surface area (Å²) in [4.78, 5) is 0. The van der Waals surface area contributed by atoms with E-state index in [1.54, 1.807) is 0 Å². The van der Waals surface area contributed by atoms with Crippen LogP contribution in [0.3, 0.4) is 0 Å². The Balaban J connectivity index is 1.87. The Morgan fingerprint density at radius 3 is 2.79 bits per heavy atom. The largest absolute Gasteiger partial charge is 0.396 e. The molecular weight excluding hydrogens is 202 g/mol. The zero-order valence-electron chi connectivity index (χ0n) is 7.99. The maximum absolute atomic E-state index is 9.17. The highest BCUT2D eigenvalue weighted by atomic mass is 32.1. The molecule has 0 unspecified atom stereocenters. The van der Waals surface area contributed by atoms with Gasteiger partial charge in [0.15, 0.2) is 0 Å². The fourth-order valence-electron chi connectivity index (χ4n) is 1.27. The number of hydrogen-bond donors (Lipinski definition) is 2. The molecule has 2 N–H and O–H groups in total. The fourth-order valence-corrected chi connectivity index (χ4v) is 1.86. The van der Waals surface area contributed by atoms with Gasteiger partial charge in [0.25, 0.3) is 0 Å². The van der Waals surface area contributed by atoms with Crippen molar-refractivity contribution in [2.45, 2.75) is 6.92 Å². The Labute approximate surface area is 86.1 Å². The van der Waals surface area contributed by atoms with Gasteiger partial charge in [0, 0.05) is 6.54 Å². The SMILES string of the molecule is Cc1nnc(NCC2(CO)COC2)s1. The van der Waals surface area contributed by atoms with Crippen LogP contribution in [0.15, 0.2) is 0 Å². The van der Waals surface area contributed by atoms with Crippen molar-refractivity contribution in [2.24, 2.45) is 5.41 Å². The summed E-state index contributed by atoms with van der Waals surface area (Å²) < 4.78 is 5.09. The van der Waals surface area contributed by atoms with E-state index in [9.17, 15) is 0 Å². The van der Waals surface area contributed by atoms with Crippen molar-refractivity contribution in [3.05, 3.63) is 5.01 Å². The summed E-state index contributed by atoms with van der Waals surface area (Å²) in [6.45, 7) is 4.00. The van der Waals surface area contributed by atoms with Crippen molar-refractivity contribution in [3.63, 3.8) is 0 Å². The fraction of sp³-hybridized carbons (Fsp3) is 0.750. The molecule has 14 heavy (non-hydrogen) atoms. The zero-order chi connectivity index (χ0) is 10.0. The third-order valence-corrected chi connectivity index (χ3v) is 3.09. The van der Waals surface area contributed by atoms with Gasteiger partial charge in [-0.1, -0.05) is 11.3 Å². The van der Waals surface area contributed by atoms with Crippen molar-refractivity contribution < 1.29 is 9.84 Å². The van der Waals surface area contributed by atoms with Crippen LogP contribution < -0.4 is 5.32 Å². The lowest BCUT2D eigenvalue weighted by molar-refractivity contribution is -0.128. The molecule has 78 valence electrons. The second kappa shape index (κ2) is 3.80. The summed E-state index contributed by atoms with van der Waals surface area (Å²) in [5.74, 6) is 0. The Morgan fingerprint density at radius 1 is 1.57 bits per heavy atom. The van der Waals surface area contributed by atoms with E-state index in [1.165, 1.54) is 11.3 Å². The number of nitrogens with zero attached hydrogens (tertiary/aromatic N) is 2. The summed E-state index contributed by atoms with van der Waals surface area (Å²) in [7, 11) is 0. The predicted octanol–water partition coefficient (Wildman–Crippen LogP) is 0.267. The minimum Gasteiger partial charge on any atom is -0.396 e. The molecule has 1 aliphatic rings. The molecule has 1 aromatic rings. The van der Waals surface area contributed by atoms with Crippen molar-refractivity contribution in [1.29, 1.82) is 0 Å². The molecule has 1 saturated heterocycles. The van der Waals surface area contributed by atoms with Crippen LogP contribution in [0.25, 0.3) is 0 Å². The summed E-state index contributed by atoms with van der Waals surface area (Å²) >= 11 is 1.52. The van der Waals surface area contributed by atoms with Crippen LogP contribution in [0.1, 0.15) is 5.01 Å². The second-order valence-electron chi connectivity index (χ2n) is 3.63. The maximum atomic E-state index is 9.17. The lowest BCUT2D eigenvalue weighted by Gasteiger charge is -2.39. The van der Waals surface area contributed by atoms with Crippen LogP contribution in [-0.2, 0) is 4.74 Å². The first kappa shape index (κ1) is 9.82. The lowest BCUT2D eigenvalue weighted by Crippen LogP contribution is -2.50. The van der Waals surface area contributed by atoms with Crippen molar-refractivity contribution in [3.8, 4) is 0 Å². The van der Waals surface area contributed by atoms with E-state index in [2.05, 4.69) is 15.5 Å². The van der Waals surface area contributed by atoms with Gasteiger partial charge in [-0.2, -0.15) is 0 Å². The third kappa shape index (κ3) is 1.87. The highest BCUT2D eigenvalue weighted by molar-refractivity contribution is 7.15. The first-order valence-corrected chi connectivity index (χ1v) is 5.28. The lowest BCUT2D eigenvalue weighted by atomic mass is 9.87. The number of anilines is 1. The van der Waals surface area contributed by atoms with Crippen LogP contribution in [0.2, 0.25) is 0 Å². The van der Waals surface area contributed by atoms with Crippen LogP contribution in [0, 0.1) is 12.3 Å². The minimum absolute atomic E-state index is 0.112. The van der Waals surface area contributed by atoms with E-state index in [0.717, 1.165) is 10.1 Å². The first-order chi connectivity index (χ1) is 6.74. The highest BCUT2D eigenvalue weighted by Crippen LogP contribution is 2.27. The summed E-state index contributed by atoms with van der Waals surface area (Å²) in [5.41, 5.74) is -0.112. The Kier molecular flexibility index (Phi) is 2.66. The topological polar surface area (TPSA) is 67.3 Å². The van der Waals surface area contributed by atoms with E-state index in [0.29, 0.717) is 19.8 Å².